The Bertz CT molecular complexity index is 108. The number of carbonyl (C=O) groups excluding carboxylic acids is 1. The Morgan fingerprint density at radius 1 is 1.20 bits per heavy atom. The highest BCUT2D eigenvalue weighted by molar-refractivity contribution is 9.18. The van der Waals surface area contributed by atoms with E-state index in [9.17, 15) is 4.79 Å². The van der Waals surface area contributed by atoms with Crippen LogP contribution in [0.5, 0.6) is 0 Å². The summed E-state index contributed by atoms with van der Waals surface area (Å²) < 4.78 is 0.160. The van der Waals surface area contributed by atoms with Crippen LogP contribution >= 0.6 is 15.9 Å². The minimum absolute atomic E-state index is 0.0972. The molecule has 0 fully saturated rings. The van der Waals surface area contributed by atoms with E-state index >= 15 is 0 Å². The van der Waals surface area contributed by atoms with Gasteiger partial charge in [-0.15, -0.1) is 0 Å². The first-order valence-electron chi connectivity index (χ1n) is 3.83. The van der Waals surface area contributed by atoms with Gasteiger partial charge in [-0.3, -0.25) is 4.79 Å². The normalized spacial score (nSPS) is 11.6. The van der Waals surface area contributed by atoms with Crippen molar-refractivity contribution in [2.24, 2.45) is 5.41 Å². The van der Waals surface area contributed by atoms with Gasteiger partial charge in [0.05, 0.1) is 0 Å². The molecule has 0 aliphatic rings. The van der Waals surface area contributed by atoms with Crippen LogP contribution in [0.4, 0.5) is 0 Å². The van der Waals surface area contributed by atoms with Gasteiger partial charge in [-0.25, -0.2) is 0 Å². The summed E-state index contributed by atoms with van der Waals surface area (Å²) in [7, 11) is 0. The van der Waals surface area contributed by atoms with E-state index in [1.807, 2.05) is 0 Å². The van der Waals surface area contributed by atoms with Gasteiger partial charge >= 0.3 is 0 Å². The molecule has 1 nitrogen and oxygen atoms in total. The zero-order valence-corrected chi connectivity index (χ0v) is 8.49. The molecule has 0 aromatic heterocycles. The van der Waals surface area contributed by atoms with Crippen molar-refractivity contribution < 1.29 is 4.79 Å². The van der Waals surface area contributed by atoms with Gasteiger partial charge in [0.1, 0.15) is 0 Å². The summed E-state index contributed by atoms with van der Waals surface area (Å²) in [6.07, 6.45) is 2.80. The number of rotatable bonds is 4. The summed E-state index contributed by atoms with van der Waals surface area (Å²) in [6, 6.07) is 0. The third-order valence-corrected chi connectivity index (χ3v) is 3.29. The fraction of sp³-hybridized carbons (Fsp3) is 0.875. The van der Waals surface area contributed by atoms with Gasteiger partial charge in [0, 0.05) is 5.41 Å². The average molecular weight is 207 g/mol. The Morgan fingerprint density at radius 2 is 1.50 bits per heavy atom. The van der Waals surface area contributed by atoms with Crippen molar-refractivity contribution >= 4 is 20.6 Å². The van der Waals surface area contributed by atoms with E-state index < -0.39 is 0 Å². The second-order valence-electron chi connectivity index (χ2n) is 2.61. The summed E-state index contributed by atoms with van der Waals surface area (Å²) >= 11 is 3.04. The van der Waals surface area contributed by atoms with E-state index in [2.05, 4.69) is 36.7 Å². The van der Waals surface area contributed by atoms with Gasteiger partial charge in [-0.2, -0.15) is 0 Å². The molecular formula is C8H15BrO. The van der Waals surface area contributed by atoms with Gasteiger partial charge in [-0.05, 0) is 35.2 Å². The quantitative estimate of drug-likeness (QED) is 0.647. The van der Waals surface area contributed by atoms with Crippen LogP contribution in [0.1, 0.15) is 40.0 Å². The van der Waals surface area contributed by atoms with Gasteiger partial charge in [-0.1, -0.05) is 20.8 Å². The summed E-state index contributed by atoms with van der Waals surface area (Å²) in [6.45, 7) is 6.18. The predicted molar refractivity (Wildman–Crippen MR) is 47.2 cm³/mol. The molecular weight excluding hydrogens is 192 g/mol. The lowest BCUT2D eigenvalue weighted by Crippen LogP contribution is -2.24. The second-order valence-corrected chi connectivity index (χ2v) is 3.33. The van der Waals surface area contributed by atoms with Crippen molar-refractivity contribution in [1.82, 2.24) is 0 Å². The topological polar surface area (TPSA) is 17.1 Å². The molecule has 0 radical (unpaired) electrons. The van der Waals surface area contributed by atoms with Gasteiger partial charge in [0.15, 0.2) is 0 Å². The van der Waals surface area contributed by atoms with E-state index in [-0.39, 0.29) is 10.1 Å². The van der Waals surface area contributed by atoms with Crippen LogP contribution in [-0.2, 0) is 4.79 Å². The Balaban J connectivity index is 4.31. The molecule has 0 unspecified atom stereocenters. The van der Waals surface area contributed by atoms with Crippen molar-refractivity contribution in [2.45, 2.75) is 40.0 Å². The summed E-state index contributed by atoms with van der Waals surface area (Å²) in [5.41, 5.74) is -0.0972. The van der Waals surface area contributed by atoms with E-state index in [1.54, 1.807) is 0 Å². The monoisotopic (exact) mass is 206 g/mol. The molecule has 0 aromatic carbocycles. The van der Waals surface area contributed by atoms with Crippen LogP contribution in [0.15, 0.2) is 0 Å². The van der Waals surface area contributed by atoms with Gasteiger partial charge < -0.3 is 0 Å². The molecule has 2 heteroatoms. The van der Waals surface area contributed by atoms with E-state index in [0.29, 0.717) is 0 Å². The lowest BCUT2D eigenvalue weighted by molar-refractivity contribution is -0.119. The molecule has 0 heterocycles. The average Bonchev–Trinajstić information content (AvgIpc) is 1.92. The van der Waals surface area contributed by atoms with Crippen molar-refractivity contribution in [1.29, 1.82) is 0 Å². The van der Waals surface area contributed by atoms with Crippen molar-refractivity contribution in [3.63, 3.8) is 0 Å². The smallest absolute Gasteiger partial charge is 0.203 e. The largest absolute Gasteiger partial charge is 0.286 e. The first kappa shape index (κ1) is 10.2. The minimum Gasteiger partial charge on any atom is -0.286 e. The Morgan fingerprint density at radius 3 is 1.50 bits per heavy atom. The van der Waals surface area contributed by atoms with Gasteiger partial charge in [0.25, 0.3) is 0 Å². The molecule has 0 aromatic rings. The maximum absolute atomic E-state index is 11.1. The second kappa shape index (κ2) is 4.12. The molecule has 0 saturated carbocycles. The van der Waals surface area contributed by atoms with Crippen LogP contribution in [0.3, 0.4) is 0 Å². The molecule has 0 spiro atoms. The molecule has 0 saturated heterocycles. The highest BCUT2D eigenvalue weighted by Crippen LogP contribution is 2.33. The molecule has 0 atom stereocenters. The van der Waals surface area contributed by atoms with Crippen LogP contribution in [0, 0.1) is 5.41 Å². The minimum atomic E-state index is -0.0972. The number of hydrogen-bond donors (Lipinski definition) is 0. The standard InChI is InChI=1S/C8H15BrO/c1-4-8(5-2,6-3)7(9)10/h4-6H2,1-3H3. The fourth-order valence-corrected chi connectivity index (χ4v) is 2.01. The van der Waals surface area contributed by atoms with Gasteiger partial charge in [0.2, 0.25) is 4.69 Å². The van der Waals surface area contributed by atoms with Crippen LogP contribution in [-0.4, -0.2) is 4.69 Å². The Hall–Kier alpha value is 0.150. The maximum atomic E-state index is 11.1. The number of hydrogen-bond acceptors (Lipinski definition) is 1. The molecule has 0 N–H and O–H groups in total. The summed E-state index contributed by atoms with van der Waals surface area (Å²) in [5, 5.41) is 0. The first-order chi connectivity index (χ1) is 4.63. The SMILES string of the molecule is CCC(CC)(CC)C(=O)Br. The zero-order valence-electron chi connectivity index (χ0n) is 6.91. The first-order valence-corrected chi connectivity index (χ1v) is 4.62. The third kappa shape index (κ3) is 1.82. The number of carbonyl (C=O) groups is 1. The third-order valence-electron chi connectivity index (χ3n) is 2.45. The summed E-state index contributed by atoms with van der Waals surface area (Å²) in [5.74, 6) is 0. The van der Waals surface area contributed by atoms with E-state index in [0.717, 1.165) is 19.3 Å². The molecule has 0 aliphatic carbocycles. The maximum Gasteiger partial charge on any atom is 0.203 e. The molecule has 0 aliphatic heterocycles. The number of halogens is 1. The highest BCUT2D eigenvalue weighted by atomic mass is 79.9. The summed E-state index contributed by atoms with van der Waals surface area (Å²) in [4.78, 5) is 11.1. The lowest BCUT2D eigenvalue weighted by atomic mass is 9.81. The molecule has 60 valence electrons. The van der Waals surface area contributed by atoms with Crippen LogP contribution < -0.4 is 0 Å². The fourth-order valence-electron chi connectivity index (χ4n) is 1.17. The molecule has 0 bridgehead atoms. The molecule has 0 amide bonds. The van der Waals surface area contributed by atoms with Crippen molar-refractivity contribution in [3.8, 4) is 0 Å². The predicted octanol–water partition coefficient (Wildman–Crippen LogP) is 3.12. The molecule has 10 heavy (non-hydrogen) atoms. The Kier molecular flexibility index (Phi) is 4.18. The lowest BCUT2D eigenvalue weighted by Gasteiger charge is -2.25. The van der Waals surface area contributed by atoms with E-state index in [1.165, 1.54) is 0 Å². The highest BCUT2D eigenvalue weighted by Gasteiger charge is 2.30. The Labute approximate surface area is 71.3 Å². The van der Waals surface area contributed by atoms with Crippen molar-refractivity contribution in [3.05, 3.63) is 0 Å². The zero-order chi connectivity index (χ0) is 8.20. The van der Waals surface area contributed by atoms with Crippen LogP contribution in [0.25, 0.3) is 0 Å². The molecule has 0 rings (SSSR count). The van der Waals surface area contributed by atoms with Crippen LogP contribution in [0.2, 0.25) is 0 Å². The van der Waals surface area contributed by atoms with E-state index in [4.69, 9.17) is 0 Å². The van der Waals surface area contributed by atoms with Crippen molar-refractivity contribution in [2.75, 3.05) is 0 Å².